The van der Waals surface area contributed by atoms with Crippen LogP contribution in [0.15, 0.2) is 23.6 Å². The van der Waals surface area contributed by atoms with E-state index in [1.807, 2.05) is 29.3 Å². The minimum Gasteiger partial charge on any atom is -0.346 e. The SMILES string of the molecule is Cc1cc(C(=O)CN2CCN(C(=O)CCc3cccs3)CC2)c(C)n1C(C)C. The molecule has 152 valence electrons. The fraction of sp³-hybridized carbons (Fsp3) is 0.545. The average Bonchev–Trinajstić information content (AvgIpc) is 3.27. The van der Waals surface area contributed by atoms with Crippen LogP contribution in [0.25, 0.3) is 0 Å². The summed E-state index contributed by atoms with van der Waals surface area (Å²) in [6.45, 7) is 11.8. The summed E-state index contributed by atoms with van der Waals surface area (Å²) in [5.41, 5.74) is 3.03. The van der Waals surface area contributed by atoms with Gasteiger partial charge < -0.3 is 9.47 Å². The third-order valence-electron chi connectivity index (χ3n) is 5.56. The number of Topliss-reactive ketones (excluding diaryl/α,β-unsaturated/α-hetero) is 1. The van der Waals surface area contributed by atoms with Crippen molar-refractivity contribution in [3.05, 3.63) is 45.4 Å². The second-order valence-corrected chi connectivity index (χ2v) is 8.94. The van der Waals surface area contributed by atoms with Gasteiger partial charge in [-0.1, -0.05) is 6.07 Å². The highest BCUT2D eigenvalue weighted by atomic mass is 32.1. The minimum atomic E-state index is 0.178. The number of thiophene rings is 1. The second kappa shape index (κ2) is 9.05. The number of carbonyl (C=O) groups is 2. The van der Waals surface area contributed by atoms with E-state index in [0.29, 0.717) is 32.1 Å². The molecule has 0 saturated carbocycles. The van der Waals surface area contributed by atoms with Gasteiger partial charge in [-0.25, -0.2) is 0 Å². The van der Waals surface area contributed by atoms with Crippen molar-refractivity contribution < 1.29 is 9.59 Å². The van der Waals surface area contributed by atoms with Crippen molar-refractivity contribution in [3.8, 4) is 0 Å². The summed E-state index contributed by atoms with van der Waals surface area (Å²) in [4.78, 5) is 30.6. The molecule has 1 aliphatic heterocycles. The number of piperazine rings is 1. The molecule has 0 aromatic carbocycles. The molecule has 28 heavy (non-hydrogen) atoms. The van der Waals surface area contributed by atoms with Crippen molar-refractivity contribution in [3.63, 3.8) is 0 Å². The highest BCUT2D eigenvalue weighted by Gasteiger charge is 2.24. The molecule has 2 aromatic rings. The van der Waals surface area contributed by atoms with Gasteiger partial charge in [-0.15, -0.1) is 11.3 Å². The van der Waals surface area contributed by atoms with Crippen molar-refractivity contribution in [1.82, 2.24) is 14.4 Å². The largest absolute Gasteiger partial charge is 0.346 e. The Morgan fingerprint density at radius 3 is 2.43 bits per heavy atom. The summed E-state index contributed by atoms with van der Waals surface area (Å²) < 4.78 is 2.22. The predicted molar refractivity (Wildman–Crippen MR) is 114 cm³/mol. The molecule has 0 N–H and O–H groups in total. The maximum Gasteiger partial charge on any atom is 0.223 e. The molecule has 1 amide bonds. The predicted octanol–water partition coefficient (Wildman–Crippen LogP) is 3.71. The molecule has 0 spiro atoms. The fourth-order valence-electron chi connectivity index (χ4n) is 4.14. The van der Waals surface area contributed by atoms with Gasteiger partial charge in [-0.2, -0.15) is 0 Å². The Balaban J connectivity index is 1.49. The van der Waals surface area contributed by atoms with E-state index in [-0.39, 0.29) is 11.7 Å². The normalized spacial score (nSPS) is 15.4. The molecule has 3 rings (SSSR count). The highest BCUT2D eigenvalue weighted by molar-refractivity contribution is 7.09. The molecule has 1 fully saturated rings. The zero-order valence-electron chi connectivity index (χ0n) is 17.4. The van der Waals surface area contributed by atoms with E-state index in [0.717, 1.165) is 36.5 Å². The number of amides is 1. The molecular formula is C22H31N3O2S. The van der Waals surface area contributed by atoms with E-state index < -0.39 is 0 Å². The summed E-state index contributed by atoms with van der Waals surface area (Å²) in [5.74, 6) is 0.400. The Hall–Kier alpha value is -1.92. The molecule has 6 heteroatoms. The van der Waals surface area contributed by atoms with Gasteiger partial charge in [0.15, 0.2) is 5.78 Å². The van der Waals surface area contributed by atoms with Crippen LogP contribution in [-0.2, 0) is 11.2 Å². The number of hydrogen-bond acceptors (Lipinski definition) is 4. The van der Waals surface area contributed by atoms with Gasteiger partial charge in [0.2, 0.25) is 5.91 Å². The molecule has 0 aliphatic carbocycles. The third-order valence-corrected chi connectivity index (χ3v) is 6.49. The lowest BCUT2D eigenvalue weighted by molar-refractivity contribution is -0.132. The van der Waals surface area contributed by atoms with Crippen LogP contribution in [0.3, 0.4) is 0 Å². The number of hydrogen-bond donors (Lipinski definition) is 0. The fourth-order valence-corrected chi connectivity index (χ4v) is 4.85. The van der Waals surface area contributed by atoms with Crippen molar-refractivity contribution in [1.29, 1.82) is 0 Å². The van der Waals surface area contributed by atoms with Crippen molar-refractivity contribution in [2.75, 3.05) is 32.7 Å². The molecule has 1 saturated heterocycles. The highest BCUT2D eigenvalue weighted by Crippen LogP contribution is 2.21. The average molecular weight is 402 g/mol. The van der Waals surface area contributed by atoms with E-state index in [1.165, 1.54) is 4.88 Å². The summed E-state index contributed by atoms with van der Waals surface area (Å²) in [6, 6.07) is 6.48. The molecular weight excluding hydrogens is 370 g/mol. The summed E-state index contributed by atoms with van der Waals surface area (Å²) in [6.07, 6.45) is 1.39. The van der Waals surface area contributed by atoms with Crippen LogP contribution >= 0.6 is 11.3 Å². The van der Waals surface area contributed by atoms with E-state index >= 15 is 0 Å². The van der Waals surface area contributed by atoms with Gasteiger partial charge in [-0.3, -0.25) is 14.5 Å². The van der Waals surface area contributed by atoms with Crippen LogP contribution in [-0.4, -0.2) is 58.8 Å². The zero-order valence-corrected chi connectivity index (χ0v) is 18.2. The van der Waals surface area contributed by atoms with Crippen LogP contribution < -0.4 is 0 Å². The molecule has 3 heterocycles. The number of nitrogens with zero attached hydrogens (tertiary/aromatic N) is 3. The van der Waals surface area contributed by atoms with E-state index in [2.05, 4.69) is 36.3 Å². The molecule has 2 aromatic heterocycles. The lowest BCUT2D eigenvalue weighted by Crippen LogP contribution is -2.50. The van der Waals surface area contributed by atoms with Crippen LogP contribution in [0.1, 0.15) is 52.9 Å². The maximum absolute atomic E-state index is 12.8. The Bertz CT molecular complexity index is 815. The van der Waals surface area contributed by atoms with Gasteiger partial charge in [0.05, 0.1) is 6.54 Å². The first-order valence-electron chi connectivity index (χ1n) is 10.1. The Kier molecular flexibility index (Phi) is 6.73. The zero-order chi connectivity index (χ0) is 20.3. The molecule has 5 nitrogen and oxygen atoms in total. The maximum atomic E-state index is 12.8. The second-order valence-electron chi connectivity index (χ2n) is 7.91. The van der Waals surface area contributed by atoms with Crippen molar-refractivity contribution in [2.45, 2.75) is 46.6 Å². The Morgan fingerprint density at radius 1 is 1.14 bits per heavy atom. The van der Waals surface area contributed by atoms with Crippen molar-refractivity contribution in [2.24, 2.45) is 0 Å². The summed E-state index contributed by atoms with van der Waals surface area (Å²) in [7, 11) is 0. The van der Waals surface area contributed by atoms with E-state index in [1.54, 1.807) is 11.3 Å². The van der Waals surface area contributed by atoms with Gasteiger partial charge in [0, 0.05) is 60.5 Å². The van der Waals surface area contributed by atoms with Gasteiger partial charge in [0.1, 0.15) is 0 Å². The summed E-state index contributed by atoms with van der Waals surface area (Å²) >= 11 is 1.70. The third kappa shape index (κ3) is 4.73. The van der Waals surface area contributed by atoms with E-state index in [9.17, 15) is 9.59 Å². The molecule has 0 bridgehead atoms. The first-order valence-corrected chi connectivity index (χ1v) is 11.0. The minimum absolute atomic E-state index is 0.178. The number of ketones is 1. The van der Waals surface area contributed by atoms with E-state index in [4.69, 9.17) is 0 Å². The van der Waals surface area contributed by atoms with Gasteiger partial charge >= 0.3 is 0 Å². The van der Waals surface area contributed by atoms with Crippen LogP contribution in [0, 0.1) is 13.8 Å². The lowest BCUT2D eigenvalue weighted by Gasteiger charge is -2.34. The Morgan fingerprint density at radius 2 is 1.86 bits per heavy atom. The van der Waals surface area contributed by atoms with Crippen LogP contribution in [0.5, 0.6) is 0 Å². The first kappa shape index (κ1) is 20.8. The van der Waals surface area contributed by atoms with Crippen LogP contribution in [0.4, 0.5) is 0 Å². The molecule has 0 radical (unpaired) electrons. The standard InChI is InChI=1S/C22H31N3O2S/c1-16(2)25-17(3)14-20(18(25)4)21(26)15-23-9-11-24(12-10-23)22(27)8-7-19-6-5-13-28-19/h5-6,13-14,16H,7-12,15H2,1-4H3. The monoisotopic (exact) mass is 401 g/mol. The van der Waals surface area contributed by atoms with Crippen LogP contribution in [0.2, 0.25) is 0 Å². The molecule has 0 atom stereocenters. The van der Waals surface area contributed by atoms with Gasteiger partial charge in [-0.05, 0) is 51.6 Å². The van der Waals surface area contributed by atoms with Crippen molar-refractivity contribution >= 4 is 23.0 Å². The first-order chi connectivity index (χ1) is 13.4. The topological polar surface area (TPSA) is 45.6 Å². The van der Waals surface area contributed by atoms with Gasteiger partial charge in [0.25, 0.3) is 0 Å². The number of aryl methyl sites for hydroxylation is 2. The number of carbonyl (C=O) groups excluding carboxylic acids is 2. The molecule has 0 unspecified atom stereocenters. The number of aromatic nitrogens is 1. The summed E-state index contributed by atoms with van der Waals surface area (Å²) in [5, 5.41) is 2.05. The quantitative estimate of drug-likeness (QED) is 0.665. The smallest absolute Gasteiger partial charge is 0.223 e. The number of rotatable bonds is 7. The molecule has 1 aliphatic rings. The lowest BCUT2D eigenvalue weighted by atomic mass is 10.1. The Labute approximate surface area is 171 Å².